The van der Waals surface area contributed by atoms with Gasteiger partial charge in [0, 0.05) is 0 Å². The maximum absolute atomic E-state index is 11.9. The number of ether oxygens (including phenoxy) is 2. The van der Waals surface area contributed by atoms with Crippen LogP contribution in [0.2, 0.25) is 0 Å². The molecule has 0 heterocycles. The molecule has 0 aliphatic rings. The zero-order chi connectivity index (χ0) is 16.5. The minimum absolute atomic E-state index is 0.290. The number of para-hydroxylation sites is 3. The molecule has 2 amide bonds. The number of hydrogen-bond donors (Lipinski definition) is 2. The predicted octanol–water partition coefficient (Wildman–Crippen LogP) is 3.46. The Hall–Kier alpha value is -2.69. The van der Waals surface area contributed by atoms with Gasteiger partial charge in [-0.3, -0.25) is 0 Å². The van der Waals surface area contributed by atoms with Crippen molar-refractivity contribution in [2.45, 2.75) is 13.3 Å². The second-order valence-corrected chi connectivity index (χ2v) is 4.89. The molecule has 0 atom stereocenters. The maximum atomic E-state index is 11.9. The number of urea groups is 1. The molecule has 0 aliphatic carbocycles. The fraction of sp³-hybridized carbons (Fsp3) is 0.278. The second kappa shape index (κ2) is 8.68. The fourth-order valence-corrected chi connectivity index (χ4v) is 2.18. The van der Waals surface area contributed by atoms with Gasteiger partial charge in [-0.15, -0.1) is 0 Å². The van der Waals surface area contributed by atoms with E-state index in [0.29, 0.717) is 24.6 Å². The Kier molecular flexibility index (Phi) is 6.29. The number of carbonyl (C=O) groups excluding carboxylic acids is 1. The molecule has 0 radical (unpaired) electrons. The average Bonchev–Trinajstić information content (AvgIpc) is 2.59. The van der Waals surface area contributed by atoms with Gasteiger partial charge in [0.15, 0.2) is 0 Å². The SMILES string of the molecule is CCc1ccccc1OCCNC(=O)Nc1ccccc1OC. The number of rotatable bonds is 7. The summed E-state index contributed by atoms with van der Waals surface area (Å²) in [5.41, 5.74) is 1.79. The first-order valence-electron chi connectivity index (χ1n) is 7.63. The van der Waals surface area contributed by atoms with Crippen molar-refractivity contribution in [3.05, 3.63) is 54.1 Å². The lowest BCUT2D eigenvalue weighted by molar-refractivity contribution is 0.247. The van der Waals surface area contributed by atoms with Crippen molar-refractivity contribution in [3.63, 3.8) is 0 Å². The third kappa shape index (κ3) is 4.92. The normalized spacial score (nSPS) is 10.0. The van der Waals surface area contributed by atoms with Gasteiger partial charge in [-0.1, -0.05) is 37.3 Å². The summed E-state index contributed by atoms with van der Waals surface area (Å²) in [5, 5.41) is 5.51. The van der Waals surface area contributed by atoms with E-state index in [1.165, 1.54) is 0 Å². The number of hydrogen-bond acceptors (Lipinski definition) is 3. The van der Waals surface area contributed by atoms with Gasteiger partial charge >= 0.3 is 6.03 Å². The quantitative estimate of drug-likeness (QED) is 0.770. The molecule has 0 saturated carbocycles. The Bertz CT molecular complexity index is 644. The number of carbonyl (C=O) groups is 1. The molecule has 0 aliphatic heterocycles. The monoisotopic (exact) mass is 314 g/mol. The molecular weight excluding hydrogens is 292 g/mol. The molecule has 5 heteroatoms. The molecule has 23 heavy (non-hydrogen) atoms. The number of anilines is 1. The molecule has 0 saturated heterocycles. The molecule has 0 unspecified atom stereocenters. The topological polar surface area (TPSA) is 59.6 Å². The van der Waals surface area contributed by atoms with Crippen LogP contribution in [0.3, 0.4) is 0 Å². The van der Waals surface area contributed by atoms with Crippen LogP contribution in [-0.4, -0.2) is 26.3 Å². The summed E-state index contributed by atoms with van der Waals surface area (Å²) in [6, 6.07) is 14.9. The molecule has 2 aromatic carbocycles. The van der Waals surface area contributed by atoms with Crippen LogP contribution in [0, 0.1) is 0 Å². The third-order valence-corrected chi connectivity index (χ3v) is 3.35. The minimum atomic E-state index is -0.290. The molecule has 122 valence electrons. The Morgan fingerprint density at radius 2 is 1.74 bits per heavy atom. The molecule has 5 nitrogen and oxygen atoms in total. The first-order chi connectivity index (χ1) is 11.2. The van der Waals surface area contributed by atoms with E-state index in [4.69, 9.17) is 9.47 Å². The molecule has 2 rings (SSSR count). The predicted molar refractivity (Wildman–Crippen MR) is 91.3 cm³/mol. The van der Waals surface area contributed by atoms with Crippen LogP contribution in [0.4, 0.5) is 10.5 Å². The molecule has 2 aromatic rings. The van der Waals surface area contributed by atoms with E-state index in [9.17, 15) is 4.79 Å². The summed E-state index contributed by atoms with van der Waals surface area (Å²) in [6.45, 7) is 2.91. The van der Waals surface area contributed by atoms with E-state index >= 15 is 0 Å². The lowest BCUT2D eigenvalue weighted by Crippen LogP contribution is -2.32. The van der Waals surface area contributed by atoms with E-state index in [1.807, 2.05) is 36.4 Å². The maximum Gasteiger partial charge on any atom is 0.319 e. The van der Waals surface area contributed by atoms with Gasteiger partial charge < -0.3 is 20.1 Å². The molecule has 2 N–H and O–H groups in total. The van der Waals surface area contributed by atoms with Gasteiger partial charge in [0.25, 0.3) is 0 Å². The number of benzene rings is 2. The molecular formula is C18H22N2O3. The van der Waals surface area contributed by atoms with E-state index in [-0.39, 0.29) is 6.03 Å². The fourth-order valence-electron chi connectivity index (χ4n) is 2.18. The summed E-state index contributed by atoms with van der Waals surface area (Å²) >= 11 is 0. The van der Waals surface area contributed by atoms with Gasteiger partial charge in [0.2, 0.25) is 0 Å². The Balaban J connectivity index is 1.77. The van der Waals surface area contributed by atoms with Crippen LogP contribution in [0.15, 0.2) is 48.5 Å². The largest absolute Gasteiger partial charge is 0.495 e. The van der Waals surface area contributed by atoms with Crippen molar-refractivity contribution in [2.75, 3.05) is 25.6 Å². The molecule has 0 spiro atoms. The summed E-state index contributed by atoms with van der Waals surface area (Å²) in [7, 11) is 1.57. The second-order valence-electron chi connectivity index (χ2n) is 4.89. The van der Waals surface area contributed by atoms with Crippen LogP contribution >= 0.6 is 0 Å². The summed E-state index contributed by atoms with van der Waals surface area (Å²) in [5.74, 6) is 1.48. The average molecular weight is 314 g/mol. The van der Waals surface area contributed by atoms with Gasteiger partial charge in [-0.25, -0.2) is 4.79 Å². The van der Waals surface area contributed by atoms with Crippen molar-refractivity contribution in [2.24, 2.45) is 0 Å². The van der Waals surface area contributed by atoms with E-state index in [0.717, 1.165) is 17.7 Å². The van der Waals surface area contributed by atoms with Gasteiger partial charge in [-0.05, 0) is 30.2 Å². The Morgan fingerprint density at radius 3 is 2.48 bits per heavy atom. The summed E-state index contributed by atoms with van der Waals surface area (Å²) < 4.78 is 10.9. The van der Waals surface area contributed by atoms with Crippen LogP contribution in [0.5, 0.6) is 11.5 Å². The highest BCUT2D eigenvalue weighted by atomic mass is 16.5. The number of nitrogens with one attached hydrogen (secondary N) is 2. The number of methoxy groups -OCH3 is 1. The highest BCUT2D eigenvalue weighted by Crippen LogP contribution is 2.22. The van der Waals surface area contributed by atoms with Crippen molar-refractivity contribution >= 4 is 11.7 Å². The zero-order valence-corrected chi connectivity index (χ0v) is 13.5. The summed E-state index contributed by atoms with van der Waals surface area (Å²) in [4.78, 5) is 11.9. The van der Waals surface area contributed by atoms with E-state index in [1.54, 1.807) is 19.2 Å². The van der Waals surface area contributed by atoms with E-state index in [2.05, 4.69) is 17.6 Å². The zero-order valence-electron chi connectivity index (χ0n) is 13.5. The van der Waals surface area contributed by atoms with Crippen LogP contribution < -0.4 is 20.1 Å². The molecule has 0 fully saturated rings. The first-order valence-corrected chi connectivity index (χ1v) is 7.63. The Morgan fingerprint density at radius 1 is 1.04 bits per heavy atom. The smallest absolute Gasteiger partial charge is 0.319 e. The highest BCUT2D eigenvalue weighted by molar-refractivity contribution is 5.90. The third-order valence-electron chi connectivity index (χ3n) is 3.35. The highest BCUT2D eigenvalue weighted by Gasteiger charge is 2.06. The van der Waals surface area contributed by atoms with Gasteiger partial charge in [-0.2, -0.15) is 0 Å². The lowest BCUT2D eigenvalue weighted by Gasteiger charge is -2.12. The van der Waals surface area contributed by atoms with Crippen LogP contribution in [-0.2, 0) is 6.42 Å². The van der Waals surface area contributed by atoms with E-state index < -0.39 is 0 Å². The molecule has 0 bridgehead atoms. The Labute approximate surface area is 136 Å². The number of amides is 2. The molecule has 0 aromatic heterocycles. The van der Waals surface area contributed by atoms with Gasteiger partial charge in [0.05, 0.1) is 19.3 Å². The van der Waals surface area contributed by atoms with Crippen molar-refractivity contribution in [1.29, 1.82) is 0 Å². The van der Waals surface area contributed by atoms with Crippen molar-refractivity contribution < 1.29 is 14.3 Å². The minimum Gasteiger partial charge on any atom is -0.495 e. The van der Waals surface area contributed by atoms with Crippen LogP contribution in [0.1, 0.15) is 12.5 Å². The summed E-state index contributed by atoms with van der Waals surface area (Å²) in [6.07, 6.45) is 0.915. The number of aryl methyl sites for hydroxylation is 1. The van der Waals surface area contributed by atoms with Crippen molar-refractivity contribution in [3.8, 4) is 11.5 Å². The van der Waals surface area contributed by atoms with Crippen LogP contribution in [0.25, 0.3) is 0 Å². The standard InChI is InChI=1S/C18H22N2O3/c1-3-14-8-4-6-10-16(14)23-13-12-19-18(21)20-15-9-5-7-11-17(15)22-2/h4-11H,3,12-13H2,1-2H3,(H2,19,20,21). The van der Waals surface area contributed by atoms with Crippen molar-refractivity contribution in [1.82, 2.24) is 5.32 Å². The van der Waals surface area contributed by atoms with Gasteiger partial charge in [0.1, 0.15) is 18.1 Å². The first kappa shape index (κ1) is 16.7. The lowest BCUT2D eigenvalue weighted by atomic mass is 10.1.